The maximum absolute atomic E-state index is 12.3. The minimum absolute atomic E-state index is 0.265. The summed E-state index contributed by atoms with van der Waals surface area (Å²) >= 11 is 0. The van der Waals surface area contributed by atoms with Gasteiger partial charge in [0.05, 0.1) is 6.61 Å². The monoisotopic (exact) mass is 290 g/mol. The predicted molar refractivity (Wildman–Crippen MR) is 84.6 cm³/mol. The first-order chi connectivity index (χ1) is 10.2. The van der Waals surface area contributed by atoms with E-state index in [0.29, 0.717) is 19.1 Å². The number of nitrogens with one attached hydrogen (secondary N) is 1. The number of hydrogen-bond acceptors (Lipinski definition) is 3. The van der Waals surface area contributed by atoms with Crippen LogP contribution >= 0.6 is 0 Å². The first kappa shape index (κ1) is 15.8. The Hall–Kier alpha value is -1.55. The summed E-state index contributed by atoms with van der Waals surface area (Å²) in [6.45, 7) is 4.43. The fourth-order valence-electron chi connectivity index (χ4n) is 2.88. The van der Waals surface area contributed by atoms with Gasteiger partial charge in [-0.15, -0.1) is 0 Å². The SMILES string of the molecule is CNC[C@H]1CCCN1C(=O)CCCOc1ccccc1C. The molecule has 0 bridgehead atoms. The van der Waals surface area contributed by atoms with Crippen LogP contribution in [-0.2, 0) is 4.79 Å². The minimum atomic E-state index is 0.265. The van der Waals surface area contributed by atoms with E-state index in [-0.39, 0.29) is 5.91 Å². The summed E-state index contributed by atoms with van der Waals surface area (Å²) in [6.07, 6.45) is 3.59. The van der Waals surface area contributed by atoms with E-state index in [1.165, 1.54) is 0 Å². The molecule has 1 aromatic carbocycles. The highest BCUT2D eigenvalue weighted by molar-refractivity contribution is 5.76. The molecule has 1 amide bonds. The molecule has 1 saturated heterocycles. The first-order valence-electron chi connectivity index (χ1n) is 7.85. The summed E-state index contributed by atoms with van der Waals surface area (Å²) in [6, 6.07) is 8.36. The summed E-state index contributed by atoms with van der Waals surface area (Å²) < 4.78 is 5.74. The number of para-hydroxylation sites is 1. The highest BCUT2D eigenvalue weighted by Gasteiger charge is 2.27. The largest absolute Gasteiger partial charge is 0.493 e. The lowest BCUT2D eigenvalue weighted by Gasteiger charge is -2.24. The van der Waals surface area contributed by atoms with Crippen LogP contribution in [-0.4, -0.2) is 43.6 Å². The van der Waals surface area contributed by atoms with Crippen molar-refractivity contribution >= 4 is 5.91 Å². The summed E-state index contributed by atoms with van der Waals surface area (Å²) in [5, 5.41) is 3.17. The molecule has 4 heteroatoms. The molecule has 1 aromatic rings. The lowest BCUT2D eigenvalue weighted by atomic mass is 10.2. The number of carbonyl (C=O) groups is 1. The van der Waals surface area contributed by atoms with E-state index in [1.807, 2.05) is 43.1 Å². The molecule has 1 aliphatic rings. The van der Waals surface area contributed by atoms with Gasteiger partial charge in [0, 0.05) is 25.6 Å². The molecule has 116 valence electrons. The van der Waals surface area contributed by atoms with E-state index in [4.69, 9.17) is 4.74 Å². The van der Waals surface area contributed by atoms with Crippen molar-refractivity contribution in [3.63, 3.8) is 0 Å². The van der Waals surface area contributed by atoms with Crippen LogP contribution in [0.5, 0.6) is 5.75 Å². The maximum atomic E-state index is 12.3. The van der Waals surface area contributed by atoms with Crippen molar-refractivity contribution in [3.8, 4) is 5.75 Å². The van der Waals surface area contributed by atoms with Crippen molar-refractivity contribution in [1.82, 2.24) is 10.2 Å². The average Bonchev–Trinajstić information content (AvgIpc) is 2.94. The number of carbonyl (C=O) groups excluding carboxylic acids is 1. The smallest absolute Gasteiger partial charge is 0.222 e. The van der Waals surface area contributed by atoms with Gasteiger partial charge in [-0.2, -0.15) is 0 Å². The van der Waals surface area contributed by atoms with Crippen molar-refractivity contribution in [2.45, 2.75) is 38.6 Å². The van der Waals surface area contributed by atoms with E-state index >= 15 is 0 Å². The van der Waals surface area contributed by atoms with Crippen molar-refractivity contribution in [1.29, 1.82) is 0 Å². The fraction of sp³-hybridized carbons (Fsp3) is 0.588. The molecular formula is C17H26N2O2. The Balaban J connectivity index is 1.71. The zero-order chi connectivity index (χ0) is 15.1. The van der Waals surface area contributed by atoms with Crippen molar-refractivity contribution in [2.75, 3.05) is 26.7 Å². The van der Waals surface area contributed by atoms with Gasteiger partial charge >= 0.3 is 0 Å². The number of hydrogen-bond donors (Lipinski definition) is 1. The van der Waals surface area contributed by atoms with E-state index in [1.54, 1.807) is 0 Å². The second-order valence-electron chi connectivity index (χ2n) is 5.66. The second-order valence-corrected chi connectivity index (χ2v) is 5.66. The fourth-order valence-corrected chi connectivity index (χ4v) is 2.88. The Kier molecular flexibility index (Phi) is 6.05. The van der Waals surface area contributed by atoms with Crippen molar-refractivity contribution < 1.29 is 9.53 Å². The first-order valence-corrected chi connectivity index (χ1v) is 7.85. The lowest BCUT2D eigenvalue weighted by Crippen LogP contribution is -2.40. The molecule has 0 aromatic heterocycles. The third-order valence-electron chi connectivity index (χ3n) is 4.02. The molecule has 0 aliphatic carbocycles. The average molecular weight is 290 g/mol. The van der Waals surface area contributed by atoms with Crippen LogP contribution in [0, 0.1) is 6.92 Å². The molecule has 0 radical (unpaired) electrons. The Morgan fingerprint density at radius 2 is 2.24 bits per heavy atom. The summed E-state index contributed by atoms with van der Waals surface area (Å²) in [5.41, 5.74) is 1.14. The quantitative estimate of drug-likeness (QED) is 0.784. The minimum Gasteiger partial charge on any atom is -0.493 e. The number of aryl methyl sites for hydroxylation is 1. The van der Waals surface area contributed by atoms with Crippen LogP contribution in [0.1, 0.15) is 31.2 Å². The zero-order valence-electron chi connectivity index (χ0n) is 13.1. The molecule has 21 heavy (non-hydrogen) atoms. The Bertz CT molecular complexity index is 462. The van der Waals surface area contributed by atoms with E-state index in [0.717, 1.165) is 43.7 Å². The van der Waals surface area contributed by atoms with Gasteiger partial charge in [-0.1, -0.05) is 18.2 Å². The molecule has 1 aliphatic heterocycles. The van der Waals surface area contributed by atoms with Gasteiger partial charge in [-0.3, -0.25) is 4.79 Å². The van der Waals surface area contributed by atoms with Gasteiger partial charge < -0.3 is 15.0 Å². The Morgan fingerprint density at radius 3 is 3.00 bits per heavy atom. The summed E-state index contributed by atoms with van der Waals surface area (Å²) in [5.74, 6) is 1.18. The third kappa shape index (κ3) is 4.46. The molecule has 1 N–H and O–H groups in total. The molecule has 2 rings (SSSR count). The van der Waals surface area contributed by atoms with Crippen LogP contribution in [0.4, 0.5) is 0 Å². The van der Waals surface area contributed by atoms with Crippen LogP contribution in [0.15, 0.2) is 24.3 Å². The lowest BCUT2D eigenvalue weighted by molar-refractivity contribution is -0.132. The number of amides is 1. The number of nitrogens with zero attached hydrogens (tertiary/aromatic N) is 1. The predicted octanol–water partition coefficient (Wildman–Crippen LogP) is 2.36. The number of ether oxygens (including phenoxy) is 1. The Labute approximate surface area is 127 Å². The van der Waals surface area contributed by atoms with Gasteiger partial charge in [0.2, 0.25) is 5.91 Å². The topological polar surface area (TPSA) is 41.6 Å². The molecule has 1 atom stereocenters. The second kappa shape index (κ2) is 8.03. The molecular weight excluding hydrogens is 264 g/mol. The van der Waals surface area contributed by atoms with Gasteiger partial charge in [-0.05, 0) is 44.9 Å². The Morgan fingerprint density at radius 1 is 1.43 bits per heavy atom. The van der Waals surface area contributed by atoms with Crippen molar-refractivity contribution in [2.24, 2.45) is 0 Å². The number of likely N-dealkylation sites (N-methyl/N-ethyl adjacent to an activating group) is 1. The zero-order valence-corrected chi connectivity index (χ0v) is 13.1. The van der Waals surface area contributed by atoms with Crippen LogP contribution < -0.4 is 10.1 Å². The molecule has 4 nitrogen and oxygen atoms in total. The van der Waals surface area contributed by atoms with Crippen LogP contribution in [0.3, 0.4) is 0 Å². The normalized spacial score (nSPS) is 18.0. The standard InChI is InChI=1S/C17H26N2O2/c1-14-7-3-4-9-16(14)21-12-6-10-17(20)19-11-5-8-15(19)13-18-2/h3-4,7,9,15,18H,5-6,8,10-13H2,1-2H3/t15-/m1/s1. The molecule has 1 heterocycles. The highest BCUT2D eigenvalue weighted by atomic mass is 16.5. The van der Waals surface area contributed by atoms with Crippen molar-refractivity contribution in [3.05, 3.63) is 29.8 Å². The van der Waals surface area contributed by atoms with Crippen LogP contribution in [0.25, 0.3) is 0 Å². The third-order valence-corrected chi connectivity index (χ3v) is 4.02. The van der Waals surface area contributed by atoms with Gasteiger partial charge in [0.1, 0.15) is 5.75 Å². The summed E-state index contributed by atoms with van der Waals surface area (Å²) in [7, 11) is 1.94. The van der Waals surface area contributed by atoms with E-state index in [2.05, 4.69) is 5.32 Å². The number of benzene rings is 1. The molecule has 0 saturated carbocycles. The maximum Gasteiger partial charge on any atom is 0.222 e. The number of rotatable bonds is 7. The van der Waals surface area contributed by atoms with E-state index in [9.17, 15) is 4.79 Å². The van der Waals surface area contributed by atoms with Crippen LogP contribution in [0.2, 0.25) is 0 Å². The molecule has 0 unspecified atom stereocenters. The molecule has 1 fully saturated rings. The molecule has 0 spiro atoms. The van der Waals surface area contributed by atoms with E-state index < -0.39 is 0 Å². The summed E-state index contributed by atoms with van der Waals surface area (Å²) in [4.78, 5) is 14.3. The number of likely N-dealkylation sites (tertiary alicyclic amines) is 1. The highest BCUT2D eigenvalue weighted by Crippen LogP contribution is 2.19. The van der Waals surface area contributed by atoms with Gasteiger partial charge in [0.25, 0.3) is 0 Å². The van der Waals surface area contributed by atoms with Gasteiger partial charge in [-0.25, -0.2) is 0 Å². The van der Waals surface area contributed by atoms with Gasteiger partial charge in [0.15, 0.2) is 0 Å².